The Labute approximate surface area is 130 Å². The number of rotatable bonds is 5. The fourth-order valence-corrected chi connectivity index (χ4v) is 4.16. The van der Waals surface area contributed by atoms with Crippen LogP contribution in [-0.4, -0.2) is 55.5 Å². The molecule has 0 aliphatic heterocycles. The van der Waals surface area contributed by atoms with E-state index in [1.807, 2.05) is 11.9 Å². The van der Waals surface area contributed by atoms with E-state index in [-0.39, 0.29) is 11.0 Å². The van der Waals surface area contributed by atoms with E-state index in [4.69, 9.17) is 5.73 Å². The molecule has 0 saturated heterocycles. The summed E-state index contributed by atoms with van der Waals surface area (Å²) in [7, 11) is 6.26. The van der Waals surface area contributed by atoms with E-state index in [9.17, 15) is 4.79 Å². The fourth-order valence-electron chi connectivity index (χ4n) is 4.16. The largest absolute Gasteiger partial charge is 0.343 e. The molecule has 0 aromatic carbocycles. The zero-order valence-electron chi connectivity index (χ0n) is 14.2. The van der Waals surface area contributed by atoms with Crippen LogP contribution in [0.25, 0.3) is 0 Å². The molecule has 0 radical (unpaired) electrons. The molecule has 122 valence electrons. The molecule has 0 bridgehead atoms. The molecule has 2 aliphatic rings. The molecule has 0 spiro atoms. The van der Waals surface area contributed by atoms with E-state index >= 15 is 0 Å². The van der Waals surface area contributed by atoms with Crippen molar-refractivity contribution in [2.75, 3.05) is 34.2 Å². The average molecular weight is 295 g/mol. The summed E-state index contributed by atoms with van der Waals surface area (Å²) in [5.41, 5.74) is 5.97. The minimum atomic E-state index is -0.289. The third-order valence-electron chi connectivity index (χ3n) is 6.02. The van der Waals surface area contributed by atoms with Gasteiger partial charge < -0.3 is 15.5 Å². The molecule has 2 N–H and O–H groups in total. The van der Waals surface area contributed by atoms with Gasteiger partial charge in [-0.15, -0.1) is 0 Å². The van der Waals surface area contributed by atoms with Crippen LogP contribution < -0.4 is 5.73 Å². The number of carbonyl (C=O) groups excluding carboxylic acids is 1. The van der Waals surface area contributed by atoms with Crippen LogP contribution in [0.2, 0.25) is 0 Å². The van der Waals surface area contributed by atoms with Crippen molar-refractivity contribution in [2.24, 2.45) is 11.1 Å². The highest BCUT2D eigenvalue weighted by molar-refractivity contribution is 5.83. The van der Waals surface area contributed by atoms with Gasteiger partial charge in [-0.2, -0.15) is 0 Å². The maximum Gasteiger partial charge on any atom is 0.229 e. The third kappa shape index (κ3) is 3.26. The number of nitrogens with zero attached hydrogens (tertiary/aromatic N) is 2. The highest BCUT2D eigenvalue weighted by Crippen LogP contribution is 2.39. The first-order chi connectivity index (χ1) is 9.96. The molecule has 0 heterocycles. The molecule has 0 unspecified atom stereocenters. The van der Waals surface area contributed by atoms with Gasteiger partial charge in [0.1, 0.15) is 0 Å². The highest BCUT2D eigenvalue weighted by atomic mass is 16.2. The summed E-state index contributed by atoms with van der Waals surface area (Å²) in [5.74, 6) is 0.292. The van der Waals surface area contributed by atoms with Crippen LogP contribution in [-0.2, 0) is 4.79 Å². The number of hydrogen-bond donors (Lipinski definition) is 1. The smallest absolute Gasteiger partial charge is 0.229 e. The standard InChI is InChI=1S/C17H33N3O/c1-19(2)17(11-8-12-17)14-20(3)15(21)16(13-18)9-6-4-5-7-10-16/h4-14,18H2,1-3H3. The van der Waals surface area contributed by atoms with Crippen LogP contribution in [0.15, 0.2) is 0 Å². The van der Waals surface area contributed by atoms with Crippen molar-refractivity contribution in [2.45, 2.75) is 63.3 Å². The van der Waals surface area contributed by atoms with E-state index in [1.54, 1.807) is 0 Å². The van der Waals surface area contributed by atoms with Gasteiger partial charge in [-0.25, -0.2) is 0 Å². The first kappa shape index (κ1) is 16.8. The van der Waals surface area contributed by atoms with Gasteiger partial charge in [0.25, 0.3) is 0 Å². The molecule has 2 rings (SSSR count). The number of hydrogen-bond acceptors (Lipinski definition) is 3. The molecule has 0 aromatic rings. The van der Waals surface area contributed by atoms with Crippen molar-refractivity contribution in [3.05, 3.63) is 0 Å². The minimum absolute atomic E-state index is 0.199. The van der Waals surface area contributed by atoms with Gasteiger partial charge in [-0.3, -0.25) is 4.79 Å². The second kappa shape index (κ2) is 6.66. The molecule has 0 aromatic heterocycles. The minimum Gasteiger partial charge on any atom is -0.343 e. The quantitative estimate of drug-likeness (QED) is 0.791. The summed E-state index contributed by atoms with van der Waals surface area (Å²) in [4.78, 5) is 17.4. The zero-order valence-corrected chi connectivity index (χ0v) is 14.2. The molecule has 4 heteroatoms. The molecular formula is C17H33N3O. The van der Waals surface area contributed by atoms with Crippen molar-refractivity contribution in [1.82, 2.24) is 9.80 Å². The van der Waals surface area contributed by atoms with E-state index in [1.165, 1.54) is 32.1 Å². The van der Waals surface area contributed by atoms with Gasteiger partial charge >= 0.3 is 0 Å². The molecule has 0 atom stereocenters. The molecule has 1 amide bonds. The van der Waals surface area contributed by atoms with Crippen LogP contribution in [0.1, 0.15) is 57.8 Å². The first-order valence-corrected chi connectivity index (χ1v) is 8.59. The Balaban J connectivity index is 2.06. The van der Waals surface area contributed by atoms with E-state index in [2.05, 4.69) is 19.0 Å². The SMILES string of the molecule is CN(CC1(N(C)C)CCC1)C(=O)C1(CN)CCCCCC1. The van der Waals surface area contributed by atoms with Crippen molar-refractivity contribution in [3.8, 4) is 0 Å². The summed E-state index contributed by atoms with van der Waals surface area (Å²) in [5, 5.41) is 0. The lowest BCUT2D eigenvalue weighted by molar-refractivity contribution is -0.144. The Morgan fingerprint density at radius 1 is 0.952 bits per heavy atom. The summed E-state index contributed by atoms with van der Waals surface area (Å²) in [6.07, 6.45) is 10.4. The Morgan fingerprint density at radius 2 is 1.52 bits per heavy atom. The Hall–Kier alpha value is -0.610. The lowest BCUT2D eigenvalue weighted by atomic mass is 9.74. The van der Waals surface area contributed by atoms with Crippen LogP contribution >= 0.6 is 0 Å². The topological polar surface area (TPSA) is 49.6 Å². The van der Waals surface area contributed by atoms with Crippen molar-refractivity contribution in [3.63, 3.8) is 0 Å². The molecule has 2 aliphatic carbocycles. The third-order valence-corrected chi connectivity index (χ3v) is 6.02. The Bertz CT molecular complexity index is 355. The maximum absolute atomic E-state index is 13.1. The summed E-state index contributed by atoms with van der Waals surface area (Å²) in [6, 6.07) is 0. The second-order valence-electron chi connectivity index (χ2n) is 7.53. The Kier molecular flexibility index (Phi) is 5.31. The molecule has 4 nitrogen and oxygen atoms in total. The van der Waals surface area contributed by atoms with E-state index in [0.29, 0.717) is 12.5 Å². The lowest BCUT2D eigenvalue weighted by Crippen LogP contribution is -2.59. The summed E-state index contributed by atoms with van der Waals surface area (Å²) < 4.78 is 0. The monoisotopic (exact) mass is 295 g/mol. The highest BCUT2D eigenvalue weighted by Gasteiger charge is 2.44. The van der Waals surface area contributed by atoms with Gasteiger partial charge in [0.05, 0.1) is 5.41 Å². The number of likely N-dealkylation sites (N-methyl/N-ethyl adjacent to an activating group) is 2. The van der Waals surface area contributed by atoms with Gasteiger partial charge in [0, 0.05) is 25.7 Å². The van der Waals surface area contributed by atoms with Crippen LogP contribution in [0, 0.1) is 5.41 Å². The van der Waals surface area contributed by atoms with Crippen molar-refractivity contribution >= 4 is 5.91 Å². The predicted molar refractivity (Wildman–Crippen MR) is 87.1 cm³/mol. The number of carbonyl (C=O) groups is 1. The van der Waals surface area contributed by atoms with Crippen molar-refractivity contribution in [1.29, 1.82) is 0 Å². The molecule has 21 heavy (non-hydrogen) atoms. The Morgan fingerprint density at radius 3 is 1.90 bits per heavy atom. The van der Waals surface area contributed by atoms with Gasteiger partial charge in [0.15, 0.2) is 0 Å². The lowest BCUT2D eigenvalue weighted by Gasteiger charge is -2.50. The predicted octanol–water partition coefficient (Wildman–Crippen LogP) is 2.23. The number of nitrogens with two attached hydrogens (primary N) is 1. The number of amides is 1. The first-order valence-electron chi connectivity index (χ1n) is 8.59. The van der Waals surface area contributed by atoms with Crippen LogP contribution in [0.3, 0.4) is 0 Å². The molecule has 2 fully saturated rings. The summed E-state index contributed by atoms with van der Waals surface area (Å²) >= 11 is 0. The van der Waals surface area contributed by atoms with Gasteiger partial charge in [-0.1, -0.05) is 25.7 Å². The van der Waals surface area contributed by atoms with Crippen molar-refractivity contribution < 1.29 is 4.79 Å². The van der Waals surface area contributed by atoms with Gasteiger partial charge in [-0.05, 0) is 46.2 Å². The van der Waals surface area contributed by atoms with E-state index < -0.39 is 0 Å². The zero-order chi connectivity index (χ0) is 15.5. The molecular weight excluding hydrogens is 262 g/mol. The average Bonchev–Trinajstić information content (AvgIpc) is 2.67. The normalized spacial score (nSPS) is 24.2. The van der Waals surface area contributed by atoms with E-state index in [0.717, 1.165) is 32.2 Å². The maximum atomic E-state index is 13.1. The van der Waals surface area contributed by atoms with Crippen LogP contribution in [0.4, 0.5) is 0 Å². The van der Waals surface area contributed by atoms with Gasteiger partial charge in [0.2, 0.25) is 5.91 Å². The van der Waals surface area contributed by atoms with Crippen LogP contribution in [0.5, 0.6) is 0 Å². The second-order valence-corrected chi connectivity index (χ2v) is 7.53. The summed E-state index contributed by atoms with van der Waals surface area (Å²) in [6.45, 7) is 1.35. The molecule has 2 saturated carbocycles. The fraction of sp³-hybridized carbons (Fsp3) is 0.941.